The summed E-state index contributed by atoms with van der Waals surface area (Å²) in [4.78, 5) is 21.0. The van der Waals surface area contributed by atoms with Gasteiger partial charge in [0.25, 0.3) is 0 Å². The van der Waals surface area contributed by atoms with Crippen LogP contribution >= 0.6 is 0 Å². The van der Waals surface area contributed by atoms with Gasteiger partial charge >= 0.3 is 17.1 Å². The Bertz CT molecular complexity index is 2000. The average molecular weight is 586 g/mol. The normalized spacial score (nSPS) is 13.6. The minimum Gasteiger partial charge on any atom is -0.657 e. The third kappa shape index (κ3) is 3.86. The molecular weight excluding hydrogens is 552 g/mol. The Morgan fingerprint density at radius 2 is 1.10 bits per heavy atom. The number of rotatable bonds is 3. The Labute approximate surface area is 252 Å². The van der Waals surface area contributed by atoms with Crippen molar-refractivity contribution in [1.82, 2.24) is 19.9 Å². The van der Waals surface area contributed by atoms with Gasteiger partial charge in [-0.1, -0.05) is 73.9 Å². The summed E-state index contributed by atoms with van der Waals surface area (Å²) < 4.78 is 0. The molecule has 1 aromatic carbocycles. The molecule has 4 aromatic rings. The summed E-state index contributed by atoms with van der Waals surface area (Å²) in [5.74, 6) is 0. The smallest absolute Gasteiger partial charge is 0.657 e. The molecule has 0 saturated heterocycles. The molecule has 0 fully saturated rings. The van der Waals surface area contributed by atoms with Crippen molar-refractivity contribution >= 4 is 44.4 Å². The number of aryl methyl sites for hydroxylation is 3. The molecule has 1 radical (unpaired) electrons. The van der Waals surface area contributed by atoms with Gasteiger partial charge in [-0.2, -0.15) is 0 Å². The Balaban J connectivity index is 0.00000302. The summed E-state index contributed by atoms with van der Waals surface area (Å²) in [6, 6.07) is 15.3. The van der Waals surface area contributed by atoms with Crippen LogP contribution in [0.5, 0.6) is 0 Å². The largest absolute Gasteiger partial charge is 2.00 e. The van der Waals surface area contributed by atoms with Gasteiger partial charge in [0, 0.05) is 0 Å². The van der Waals surface area contributed by atoms with E-state index in [-0.39, 0.29) is 17.1 Å². The molecule has 0 unspecified atom stereocenters. The zero-order valence-corrected chi connectivity index (χ0v) is 25.7. The fourth-order valence-electron chi connectivity index (χ4n) is 6.94. The van der Waals surface area contributed by atoms with Gasteiger partial charge in [-0.15, -0.1) is 22.1 Å². The molecule has 0 saturated carbocycles. The van der Waals surface area contributed by atoms with Crippen LogP contribution in [0, 0.1) is 13.8 Å². The quantitative estimate of drug-likeness (QED) is 0.198. The van der Waals surface area contributed by atoms with E-state index < -0.39 is 0 Å². The van der Waals surface area contributed by atoms with Gasteiger partial charge in [0.1, 0.15) is 0 Å². The van der Waals surface area contributed by atoms with Crippen LogP contribution in [-0.4, -0.2) is 9.97 Å². The van der Waals surface area contributed by atoms with E-state index in [1.165, 1.54) is 55.7 Å². The van der Waals surface area contributed by atoms with Crippen LogP contribution in [0.15, 0.2) is 42.5 Å². The first-order valence-electron chi connectivity index (χ1n) is 14.5. The second-order valence-electron chi connectivity index (χ2n) is 11.2. The third-order valence-corrected chi connectivity index (χ3v) is 9.18. The standard InChI is InChI=1S/C36H34N4.Cu/c1-8-22-18(4)27-15-29-20(6)24(10-3)35(39-29)34-26-14-12-11-13-25(26)33-21(7)30(40-36(33)34)16-28-19(5)23(9-2)32(38-28)17-31(22)37-27;/h11-17H,8-10H2,1-7H3;/q-2;+2. The van der Waals surface area contributed by atoms with Gasteiger partial charge in [-0.25, -0.2) is 9.97 Å². The van der Waals surface area contributed by atoms with E-state index in [1.54, 1.807) is 0 Å². The van der Waals surface area contributed by atoms with Crippen molar-refractivity contribution in [2.45, 2.75) is 67.7 Å². The summed E-state index contributed by atoms with van der Waals surface area (Å²) in [6.45, 7) is 15.4. The predicted molar refractivity (Wildman–Crippen MR) is 168 cm³/mol. The number of hydrogen-bond donors (Lipinski definition) is 0. The van der Waals surface area contributed by atoms with Crippen LogP contribution in [0.1, 0.15) is 86.9 Å². The molecule has 8 bridgehead atoms. The van der Waals surface area contributed by atoms with E-state index in [0.29, 0.717) is 0 Å². The fourth-order valence-corrected chi connectivity index (χ4v) is 6.94. The summed E-state index contributed by atoms with van der Waals surface area (Å²) in [7, 11) is 0. The van der Waals surface area contributed by atoms with Crippen molar-refractivity contribution in [2.75, 3.05) is 0 Å². The van der Waals surface area contributed by atoms with E-state index >= 15 is 0 Å². The molecule has 3 aromatic heterocycles. The van der Waals surface area contributed by atoms with Gasteiger partial charge in [-0.3, -0.25) is 0 Å². The van der Waals surface area contributed by atoms with E-state index in [2.05, 4.69) is 90.9 Å². The third-order valence-electron chi connectivity index (χ3n) is 9.18. The summed E-state index contributed by atoms with van der Waals surface area (Å²) in [5.41, 5.74) is 21.7. The zero-order chi connectivity index (χ0) is 27.9. The molecule has 5 heteroatoms. The Kier molecular flexibility index (Phi) is 6.71. The van der Waals surface area contributed by atoms with Gasteiger partial charge in [0.05, 0.1) is 22.8 Å². The molecule has 4 nitrogen and oxygen atoms in total. The predicted octanol–water partition coefficient (Wildman–Crippen LogP) is 9.08. The van der Waals surface area contributed by atoms with Crippen molar-refractivity contribution in [2.24, 2.45) is 0 Å². The number of allylic oxidation sites excluding steroid dienone is 4. The molecule has 5 heterocycles. The molecule has 1 aliphatic carbocycles. The van der Waals surface area contributed by atoms with Gasteiger partial charge in [0.15, 0.2) is 0 Å². The topological polar surface area (TPSA) is 54.0 Å². The van der Waals surface area contributed by atoms with Crippen molar-refractivity contribution in [3.05, 3.63) is 81.9 Å². The summed E-state index contributed by atoms with van der Waals surface area (Å²) in [5, 5.41) is 0. The maximum absolute atomic E-state index is 5.34. The molecule has 7 rings (SSSR count). The number of benzene rings is 1. The maximum Gasteiger partial charge on any atom is 2.00 e. The van der Waals surface area contributed by atoms with E-state index in [4.69, 9.17) is 19.9 Å². The number of hydrogen-bond acceptors (Lipinski definition) is 2. The van der Waals surface area contributed by atoms with E-state index in [1.807, 2.05) is 0 Å². The summed E-state index contributed by atoms with van der Waals surface area (Å²) >= 11 is 0. The average Bonchev–Trinajstić information content (AvgIpc) is 3.69. The Hall–Kier alpha value is -3.66. The molecular formula is C36H34CuN4. The molecule has 0 atom stereocenters. The maximum atomic E-state index is 5.34. The number of nitrogens with zero attached hydrogens (tertiary/aromatic N) is 4. The molecule has 2 aliphatic heterocycles. The number of fused-ring (bicyclic) bond motifs is 11. The molecule has 0 spiro atoms. The second kappa shape index (κ2) is 10.0. The molecule has 0 amide bonds. The van der Waals surface area contributed by atoms with Crippen molar-refractivity contribution in [3.63, 3.8) is 0 Å². The number of aromatic nitrogens is 4. The van der Waals surface area contributed by atoms with E-state index in [9.17, 15) is 0 Å². The first-order valence-corrected chi connectivity index (χ1v) is 14.5. The van der Waals surface area contributed by atoms with Crippen LogP contribution < -0.4 is 9.97 Å². The van der Waals surface area contributed by atoms with Gasteiger partial charge < -0.3 is 9.97 Å². The van der Waals surface area contributed by atoms with Crippen LogP contribution in [-0.2, 0) is 23.5 Å². The monoisotopic (exact) mass is 585 g/mol. The van der Waals surface area contributed by atoms with Crippen molar-refractivity contribution < 1.29 is 17.1 Å². The molecule has 209 valence electrons. The minimum atomic E-state index is 0. The van der Waals surface area contributed by atoms with Crippen molar-refractivity contribution in [3.8, 4) is 22.3 Å². The second-order valence-corrected chi connectivity index (χ2v) is 11.2. The van der Waals surface area contributed by atoms with Crippen LogP contribution in [0.3, 0.4) is 0 Å². The minimum absolute atomic E-state index is 0. The van der Waals surface area contributed by atoms with E-state index in [0.717, 1.165) is 69.7 Å². The Morgan fingerprint density at radius 1 is 0.585 bits per heavy atom. The van der Waals surface area contributed by atoms with Gasteiger partial charge in [0.2, 0.25) is 0 Å². The molecule has 41 heavy (non-hydrogen) atoms. The van der Waals surface area contributed by atoms with Crippen LogP contribution in [0.25, 0.3) is 66.6 Å². The Morgan fingerprint density at radius 3 is 1.63 bits per heavy atom. The first kappa shape index (κ1) is 27.5. The van der Waals surface area contributed by atoms with Crippen LogP contribution in [0.2, 0.25) is 0 Å². The zero-order valence-electron chi connectivity index (χ0n) is 24.8. The molecule has 3 aliphatic rings. The fraction of sp³-hybridized carbons (Fsp3) is 0.278. The van der Waals surface area contributed by atoms with Gasteiger partial charge in [-0.05, 0) is 97.6 Å². The first-order chi connectivity index (χ1) is 19.4. The SMILES string of the molecule is CCC1=C(C)c2cc3[n-]c(c(CC)c3C)c3c4[n-]c(cc5nc(cc1n2)C(CC)=C5C)c(C)c4-c1ccccc1-3.[Cu+2]. The molecule has 0 N–H and O–H groups in total. The van der Waals surface area contributed by atoms with Crippen molar-refractivity contribution in [1.29, 1.82) is 0 Å². The summed E-state index contributed by atoms with van der Waals surface area (Å²) in [6.07, 6.45) is 2.76. The van der Waals surface area contributed by atoms with Crippen LogP contribution in [0.4, 0.5) is 0 Å².